The number of likely N-dealkylation sites (N-methyl/N-ethyl adjacent to an activating group) is 1. The average Bonchev–Trinajstić information content (AvgIpc) is 2.95. The topological polar surface area (TPSA) is 78.5 Å². The van der Waals surface area contributed by atoms with Crippen LogP contribution in [0.3, 0.4) is 0 Å². The molecule has 0 saturated carbocycles. The standard InChI is InChI=1S/C15H21N3O3S.ClH/c1-18(12-7-8-16-10-12)22(20,21)13-5-6-14-11(9-13)3-2-4-15(19)17-14;/h5-6,9,12,16H,2-4,7-8,10H2,1H3,(H,17,19);1H. The number of anilines is 1. The number of nitrogens with zero attached hydrogens (tertiary/aromatic N) is 1. The van der Waals surface area contributed by atoms with E-state index in [4.69, 9.17) is 0 Å². The van der Waals surface area contributed by atoms with Crippen LogP contribution in [-0.4, -0.2) is 44.8 Å². The zero-order chi connectivity index (χ0) is 15.7. The van der Waals surface area contributed by atoms with Gasteiger partial charge in [0.15, 0.2) is 0 Å². The summed E-state index contributed by atoms with van der Waals surface area (Å²) in [4.78, 5) is 11.9. The molecule has 0 aromatic heterocycles. The van der Waals surface area contributed by atoms with Crippen LogP contribution in [0.1, 0.15) is 24.8 Å². The van der Waals surface area contributed by atoms with Crippen molar-refractivity contribution in [3.63, 3.8) is 0 Å². The minimum absolute atomic E-state index is 0. The number of sulfonamides is 1. The van der Waals surface area contributed by atoms with Crippen LogP contribution in [0.15, 0.2) is 23.1 Å². The molecule has 1 amide bonds. The third-order valence-corrected chi connectivity index (χ3v) is 6.33. The Bertz CT molecular complexity index is 687. The van der Waals surface area contributed by atoms with E-state index < -0.39 is 10.0 Å². The summed E-state index contributed by atoms with van der Waals surface area (Å²) in [6, 6.07) is 4.99. The number of nitrogens with one attached hydrogen (secondary N) is 2. The minimum Gasteiger partial charge on any atom is -0.326 e. The van der Waals surface area contributed by atoms with E-state index in [9.17, 15) is 13.2 Å². The summed E-state index contributed by atoms with van der Waals surface area (Å²) in [5.41, 5.74) is 1.62. The molecule has 6 nitrogen and oxygen atoms in total. The molecule has 2 N–H and O–H groups in total. The molecule has 0 aliphatic carbocycles. The Labute approximate surface area is 143 Å². The number of hydrogen-bond donors (Lipinski definition) is 2. The van der Waals surface area contributed by atoms with Gasteiger partial charge in [-0.1, -0.05) is 0 Å². The van der Waals surface area contributed by atoms with Crippen molar-refractivity contribution in [2.75, 3.05) is 25.5 Å². The van der Waals surface area contributed by atoms with Crippen LogP contribution in [-0.2, 0) is 21.2 Å². The van der Waals surface area contributed by atoms with E-state index in [0.29, 0.717) is 24.3 Å². The quantitative estimate of drug-likeness (QED) is 0.854. The van der Waals surface area contributed by atoms with E-state index in [1.165, 1.54) is 4.31 Å². The summed E-state index contributed by atoms with van der Waals surface area (Å²) in [5, 5.41) is 6.01. The predicted molar refractivity (Wildman–Crippen MR) is 91.5 cm³/mol. The van der Waals surface area contributed by atoms with Gasteiger partial charge in [-0.15, -0.1) is 12.4 Å². The fraction of sp³-hybridized carbons (Fsp3) is 0.533. The number of aryl methyl sites for hydroxylation is 1. The molecular weight excluding hydrogens is 338 g/mol. The van der Waals surface area contributed by atoms with Gasteiger partial charge in [0.1, 0.15) is 0 Å². The van der Waals surface area contributed by atoms with Crippen molar-refractivity contribution in [3.8, 4) is 0 Å². The zero-order valence-corrected chi connectivity index (χ0v) is 14.7. The highest BCUT2D eigenvalue weighted by atomic mass is 35.5. The molecule has 1 aromatic rings. The van der Waals surface area contributed by atoms with Crippen LogP contribution in [0.25, 0.3) is 0 Å². The van der Waals surface area contributed by atoms with Crippen LogP contribution in [0.5, 0.6) is 0 Å². The number of rotatable bonds is 3. The first-order chi connectivity index (χ1) is 10.5. The Kier molecular flexibility index (Phi) is 5.67. The molecule has 0 radical (unpaired) electrons. The van der Waals surface area contributed by atoms with Gasteiger partial charge in [0, 0.05) is 31.7 Å². The third-order valence-electron chi connectivity index (χ3n) is 4.43. The lowest BCUT2D eigenvalue weighted by atomic mass is 10.1. The molecule has 128 valence electrons. The van der Waals surface area contributed by atoms with Crippen molar-refractivity contribution in [1.82, 2.24) is 9.62 Å². The minimum atomic E-state index is -3.50. The van der Waals surface area contributed by atoms with Gasteiger partial charge in [-0.25, -0.2) is 8.42 Å². The molecule has 2 aliphatic heterocycles. The normalized spacial score (nSPS) is 21.3. The Balaban J connectivity index is 0.00000192. The fourth-order valence-corrected chi connectivity index (χ4v) is 4.46. The van der Waals surface area contributed by atoms with Crippen LogP contribution < -0.4 is 10.6 Å². The molecule has 2 heterocycles. The fourth-order valence-electron chi connectivity index (χ4n) is 3.02. The first kappa shape index (κ1) is 18.2. The Morgan fingerprint density at radius 2 is 2.04 bits per heavy atom. The van der Waals surface area contributed by atoms with E-state index in [-0.39, 0.29) is 24.4 Å². The summed E-state index contributed by atoms with van der Waals surface area (Å²) in [6.07, 6.45) is 2.76. The summed E-state index contributed by atoms with van der Waals surface area (Å²) >= 11 is 0. The van der Waals surface area contributed by atoms with E-state index >= 15 is 0 Å². The van der Waals surface area contributed by atoms with Crippen molar-refractivity contribution in [1.29, 1.82) is 0 Å². The number of carbonyl (C=O) groups is 1. The first-order valence-electron chi connectivity index (χ1n) is 7.60. The Hall–Kier alpha value is -1.15. The van der Waals surface area contributed by atoms with E-state index in [0.717, 1.165) is 30.6 Å². The highest BCUT2D eigenvalue weighted by molar-refractivity contribution is 7.89. The van der Waals surface area contributed by atoms with Gasteiger partial charge in [-0.05, 0) is 49.6 Å². The molecule has 2 aliphatic rings. The summed E-state index contributed by atoms with van der Waals surface area (Å²) < 4.78 is 27.0. The maximum absolute atomic E-state index is 12.8. The second-order valence-corrected chi connectivity index (χ2v) is 7.89. The van der Waals surface area contributed by atoms with Crippen LogP contribution >= 0.6 is 12.4 Å². The number of fused-ring (bicyclic) bond motifs is 1. The lowest BCUT2D eigenvalue weighted by Crippen LogP contribution is -2.38. The van der Waals surface area contributed by atoms with Crippen LogP contribution in [0.4, 0.5) is 5.69 Å². The maximum atomic E-state index is 12.8. The van der Waals surface area contributed by atoms with Crippen molar-refractivity contribution in [2.45, 2.75) is 36.6 Å². The largest absolute Gasteiger partial charge is 0.326 e. The maximum Gasteiger partial charge on any atom is 0.243 e. The SMILES string of the molecule is CN(C1CCNC1)S(=O)(=O)c1ccc2c(c1)CCCC(=O)N2.Cl. The predicted octanol–water partition coefficient (Wildman–Crippen LogP) is 1.37. The second-order valence-electron chi connectivity index (χ2n) is 5.89. The Morgan fingerprint density at radius 3 is 2.74 bits per heavy atom. The van der Waals surface area contributed by atoms with E-state index in [2.05, 4.69) is 10.6 Å². The number of carbonyl (C=O) groups excluding carboxylic acids is 1. The number of hydrogen-bond acceptors (Lipinski definition) is 4. The van der Waals surface area contributed by atoms with Crippen molar-refractivity contribution < 1.29 is 13.2 Å². The molecule has 8 heteroatoms. The van der Waals surface area contributed by atoms with E-state index in [1.54, 1.807) is 25.2 Å². The summed E-state index contributed by atoms with van der Waals surface area (Å²) in [5.74, 6) is -0.0106. The molecule has 1 unspecified atom stereocenters. The summed E-state index contributed by atoms with van der Waals surface area (Å²) in [7, 11) is -1.86. The number of amides is 1. The molecule has 1 saturated heterocycles. The average molecular weight is 360 g/mol. The second kappa shape index (κ2) is 7.17. The van der Waals surface area contributed by atoms with Gasteiger partial charge >= 0.3 is 0 Å². The van der Waals surface area contributed by atoms with Gasteiger partial charge in [0.05, 0.1) is 4.90 Å². The van der Waals surface area contributed by atoms with Crippen molar-refractivity contribution >= 4 is 34.0 Å². The number of benzene rings is 1. The third kappa shape index (κ3) is 3.68. The lowest BCUT2D eigenvalue weighted by molar-refractivity contribution is -0.116. The van der Waals surface area contributed by atoms with Crippen molar-refractivity contribution in [2.24, 2.45) is 0 Å². The molecule has 3 rings (SSSR count). The van der Waals surface area contributed by atoms with Crippen LogP contribution in [0.2, 0.25) is 0 Å². The molecule has 1 fully saturated rings. The molecule has 0 bridgehead atoms. The summed E-state index contributed by atoms with van der Waals surface area (Å²) in [6.45, 7) is 1.54. The van der Waals surface area contributed by atoms with Gasteiger partial charge < -0.3 is 10.6 Å². The van der Waals surface area contributed by atoms with E-state index in [1.807, 2.05) is 0 Å². The molecule has 0 spiro atoms. The molecule has 1 atom stereocenters. The van der Waals surface area contributed by atoms with Gasteiger partial charge in [0.2, 0.25) is 15.9 Å². The highest BCUT2D eigenvalue weighted by Crippen LogP contribution is 2.27. The lowest BCUT2D eigenvalue weighted by Gasteiger charge is -2.23. The van der Waals surface area contributed by atoms with Gasteiger partial charge in [-0.2, -0.15) is 4.31 Å². The monoisotopic (exact) mass is 359 g/mol. The van der Waals surface area contributed by atoms with Gasteiger partial charge in [-0.3, -0.25) is 4.79 Å². The number of halogens is 1. The van der Waals surface area contributed by atoms with Crippen molar-refractivity contribution in [3.05, 3.63) is 23.8 Å². The van der Waals surface area contributed by atoms with Crippen LogP contribution in [0, 0.1) is 0 Å². The Morgan fingerprint density at radius 1 is 1.26 bits per heavy atom. The molecular formula is C15H22ClN3O3S. The smallest absolute Gasteiger partial charge is 0.243 e. The zero-order valence-electron chi connectivity index (χ0n) is 13.0. The highest BCUT2D eigenvalue weighted by Gasteiger charge is 2.30. The molecule has 23 heavy (non-hydrogen) atoms. The van der Waals surface area contributed by atoms with Gasteiger partial charge in [0.25, 0.3) is 0 Å². The molecule has 1 aromatic carbocycles. The first-order valence-corrected chi connectivity index (χ1v) is 9.04.